The zero-order chi connectivity index (χ0) is 14.7. The minimum atomic E-state index is -0.438. The molecule has 1 aromatic carbocycles. The predicted molar refractivity (Wildman–Crippen MR) is 72.3 cm³/mol. The molecule has 2 rings (SSSR count). The Hall–Kier alpha value is -2.64. The van der Waals surface area contributed by atoms with Gasteiger partial charge in [0.1, 0.15) is 5.52 Å². The highest BCUT2D eigenvalue weighted by Crippen LogP contribution is 2.02. The molecule has 0 N–H and O–H groups in total. The van der Waals surface area contributed by atoms with E-state index in [1.165, 1.54) is 0 Å². The van der Waals surface area contributed by atoms with Gasteiger partial charge in [0.05, 0.1) is 33.6 Å². The van der Waals surface area contributed by atoms with Gasteiger partial charge in [0.25, 0.3) is 0 Å². The van der Waals surface area contributed by atoms with E-state index in [1.54, 1.807) is 61.9 Å². The van der Waals surface area contributed by atoms with Crippen molar-refractivity contribution >= 4 is 16.9 Å². The van der Waals surface area contributed by atoms with Crippen LogP contribution in [0.15, 0.2) is 29.1 Å². The van der Waals surface area contributed by atoms with Gasteiger partial charge in [0, 0.05) is 4.85 Å². The van der Waals surface area contributed by atoms with Crippen molar-refractivity contribution in [1.82, 2.24) is 20.1 Å². The maximum Gasteiger partial charge on any atom is 0.489 e. The lowest BCUT2D eigenvalue weighted by Crippen LogP contribution is -2.38. The molecule has 0 spiro atoms. The number of aromatic nitrogens is 3. The zero-order valence-corrected chi connectivity index (χ0v) is 11.8. The standard InChI is InChI=1S/C12H16N5O3/c1-15(2)12(16(3)4)19-20-17-11(18)9-7-5-6-8-10(9)13-14-17/h5-8H,1-4H3/q+1. The molecule has 2 aromatic rings. The summed E-state index contributed by atoms with van der Waals surface area (Å²) in [4.78, 5) is 24.5. The molecule has 0 bridgehead atoms. The van der Waals surface area contributed by atoms with Crippen LogP contribution in [-0.4, -0.2) is 58.8 Å². The first-order valence-electron chi connectivity index (χ1n) is 5.92. The van der Waals surface area contributed by atoms with Gasteiger partial charge in [-0.25, -0.2) is 9.48 Å². The molecule has 0 saturated carbocycles. The molecule has 0 fully saturated rings. The molecule has 0 amide bonds. The summed E-state index contributed by atoms with van der Waals surface area (Å²) >= 11 is 0. The zero-order valence-electron chi connectivity index (χ0n) is 11.8. The van der Waals surface area contributed by atoms with Crippen LogP contribution >= 0.6 is 0 Å². The average Bonchev–Trinajstić information content (AvgIpc) is 2.41. The van der Waals surface area contributed by atoms with Crippen molar-refractivity contribution in [3.05, 3.63) is 34.6 Å². The number of rotatable bonds is 2. The van der Waals surface area contributed by atoms with Gasteiger partial charge in [0.2, 0.25) is 0 Å². The van der Waals surface area contributed by atoms with E-state index in [9.17, 15) is 4.79 Å². The highest BCUT2D eigenvalue weighted by molar-refractivity contribution is 5.76. The lowest BCUT2D eigenvalue weighted by atomic mass is 10.2. The summed E-state index contributed by atoms with van der Waals surface area (Å²) in [6, 6.07) is 7.28. The Labute approximate surface area is 115 Å². The molecule has 0 aliphatic rings. The second-order valence-electron chi connectivity index (χ2n) is 4.51. The quantitative estimate of drug-likeness (QED) is 0.239. The van der Waals surface area contributed by atoms with Crippen molar-refractivity contribution in [1.29, 1.82) is 0 Å². The van der Waals surface area contributed by atoms with E-state index in [-0.39, 0.29) is 0 Å². The first-order chi connectivity index (χ1) is 9.50. The van der Waals surface area contributed by atoms with Gasteiger partial charge < -0.3 is 0 Å². The minimum Gasteiger partial charge on any atom is -0.263 e. The lowest BCUT2D eigenvalue weighted by Gasteiger charge is -2.09. The number of benzene rings is 1. The van der Waals surface area contributed by atoms with E-state index in [2.05, 4.69) is 10.3 Å². The van der Waals surface area contributed by atoms with Crippen LogP contribution in [0, 0.1) is 0 Å². The van der Waals surface area contributed by atoms with Crippen LogP contribution in [0.2, 0.25) is 0 Å². The first-order valence-corrected chi connectivity index (χ1v) is 5.92. The van der Waals surface area contributed by atoms with Gasteiger partial charge in [-0.05, 0) is 17.3 Å². The van der Waals surface area contributed by atoms with Crippen molar-refractivity contribution < 1.29 is 14.5 Å². The molecular weight excluding hydrogens is 262 g/mol. The predicted octanol–water partition coefficient (Wildman–Crippen LogP) is -0.659. The third kappa shape index (κ3) is 2.68. The smallest absolute Gasteiger partial charge is 0.263 e. The summed E-state index contributed by atoms with van der Waals surface area (Å²) in [7, 11) is 7.14. The van der Waals surface area contributed by atoms with Crippen LogP contribution in [0.5, 0.6) is 0 Å². The second-order valence-corrected chi connectivity index (χ2v) is 4.51. The summed E-state index contributed by atoms with van der Waals surface area (Å²) in [5, 5.41) is 7.94. The summed E-state index contributed by atoms with van der Waals surface area (Å²) < 4.78 is 1.69. The van der Waals surface area contributed by atoms with Gasteiger partial charge in [-0.3, -0.25) is 4.79 Å². The van der Waals surface area contributed by atoms with Crippen molar-refractivity contribution in [2.24, 2.45) is 0 Å². The number of fused-ring (bicyclic) bond motifs is 1. The van der Waals surface area contributed by atoms with Gasteiger partial charge >= 0.3 is 11.6 Å². The number of hydrogen-bond donors (Lipinski definition) is 0. The Morgan fingerprint density at radius 1 is 1.30 bits per heavy atom. The van der Waals surface area contributed by atoms with E-state index >= 15 is 0 Å². The third-order valence-corrected chi connectivity index (χ3v) is 2.49. The third-order valence-electron chi connectivity index (χ3n) is 2.49. The molecule has 106 valence electrons. The van der Waals surface area contributed by atoms with E-state index in [4.69, 9.17) is 9.88 Å². The molecule has 1 heterocycles. The lowest BCUT2D eigenvalue weighted by molar-refractivity contribution is -0.494. The molecule has 0 atom stereocenters. The normalized spacial score (nSPS) is 10.2. The maximum absolute atomic E-state index is 12.1. The van der Waals surface area contributed by atoms with Gasteiger partial charge in [-0.1, -0.05) is 12.1 Å². The van der Waals surface area contributed by atoms with E-state index < -0.39 is 5.56 Å². The molecule has 0 radical (unpaired) electrons. The van der Waals surface area contributed by atoms with Crippen molar-refractivity contribution in [3.63, 3.8) is 0 Å². The molecular formula is C12H16N5O3+. The van der Waals surface area contributed by atoms with Crippen LogP contribution < -0.4 is 10.5 Å². The molecule has 0 aliphatic heterocycles. The Kier molecular flexibility index (Phi) is 3.83. The maximum atomic E-state index is 12.1. The van der Waals surface area contributed by atoms with Crippen LogP contribution in [0.1, 0.15) is 0 Å². The van der Waals surface area contributed by atoms with Crippen LogP contribution in [0.3, 0.4) is 0 Å². The number of amidine groups is 1. The Bertz CT molecular complexity index is 704. The van der Waals surface area contributed by atoms with Gasteiger partial charge in [-0.2, -0.15) is 9.88 Å². The van der Waals surface area contributed by atoms with E-state index in [0.29, 0.717) is 21.8 Å². The molecule has 8 nitrogen and oxygen atoms in total. The molecule has 1 aromatic heterocycles. The number of nitrogens with zero attached hydrogens (tertiary/aromatic N) is 5. The highest BCUT2D eigenvalue weighted by atomic mass is 17.3. The molecule has 8 heteroatoms. The van der Waals surface area contributed by atoms with Crippen LogP contribution in [-0.2, 0) is 4.89 Å². The van der Waals surface area contributed by atoms with Crippen molar-refractivity contribution in [2.45, 2.75) is 0 Å². The minimum absolute atomic E-state index is 0.405. The Balaban J connectivity index is 2.29. The summed E-state index contributed by atoms with van der Waals surface area (Å²) in [5.41, 5.74) is 0.0641. The fraction of sp³-hybridized carbons (Fsp3) is 0.333. The summed E-state index contributed by atoms with van der Waals surface area (Å²) in [5.74, 6) is 0. The SMILES string of the molecule is CN(C)C(OOn1nnc2ccccc2c1=O)=[N+](C)C. The topological polar surface area (TPSA) is 72.5 Å². The highest BCUT2D eigenvalue weighted by Gasteiger charge is 2.17. The molecule has 20 heavy (non-hydrogen) atoms. The summed E-state index contributed by atoms with van der Waals surface area (Å²) in [6.45, 7) is 0. The Morgan fingerprint density at radius 2 is 2.00 bits per heavy atom. The van der Waals surface area contributed by atoms with Gasteiger partial charge in [-0.15, -0.1) is 5.10 Å². The first kappa shape index (κ1) is 13.8. The van der Waals surface area contributed by atoms with E-state index in [1.807, 2.05) is 0 Å². The summed E-state index contributed by atoms with van der Waals surface area (Å²) in [6.07, 6.45) is 0. The van der Waals surface area contributed by atoms with E-state index in [0.717, 1.165) is 0 Å². The van der Waals surface area contributed by atoms with Gasteiger partial charge in [0.15, 0.2) is 0 Å². The average molecular weight is 278 g/mol. The number of hydrogen-bond acceptors (Lipinski definition) is 5. The van der Waals surface area contributed by atoms with Crippen LogP contribution in [0.4, 0.5) is 0 Å². The largest absolute Gasteiger partial charge is 0.489 e. The molecule has 0 saturated heterocycles. The second kappa shape index (κ2) is 5.55. The monoisotopic (exact) mass is 278 g/mol. The fourth-order valence-electron chi connectivity index (χ4n) is 1.64. The van der Waals surface area contributed by atoms with Crippen molar-refractivity contribution in [3.8, 4) is 0 Å². The Morgan fingerprint density at radius 3 is 2.65 bits per heavy atom. The van der Waals surface area contributed by atoms with Crippen molar-refractivity contribution in [2.75, 3.05) is 28.2 Å². The molecule has 0 unspecified atom stereocenters. The fourth-order valence-corrected chi connectivity index (χ4v) is 1.64. The van der Waals surface area contributed by atoms with Crippen LogP contribution in [0.25, 0.3) is 10.9 Å². The molecule has 0 aliphatic carbocycles.